The highest BCUT2D eigenvalue weighted by Gasteiger charge is 2.48. The number of hydrogen-bond donors (Lipinski definition) is 0. The first-order chi connectivity index (χ1) is 11.5. The van der Waals surface area contributed by atoms with E-state index in [9.17, 15) is 9.59 Å². The topological polar surface area (TPSA) is 43.4 Å². The van der Waals surface area contributed by atoms with Crippen LogP contribution in [0.15, 0.2) is 29.2 Å². The van der Waals surface area contributed by atoms with Gasteiger partial charge in [-0.1, -0.05) is 38.8 Å². The Labute approximate surface area is 148 Å². The summed E-state index contributed by atoms with van der Waals surface area (Å²) in [5, 5.41) is 0. The number of benzene rings is 1. The number of hydrogen-bond acceptors (Lipinski definition) is 4. The highest BCUT2D eigenvalue weighted by molar-refractivity contribution is 7.99. The van der Waals surface area contributed by atoms with E-state index in [2.05, 4.69) is 38.1 Å². The van der Waals surface area contributed by atoms with Crippen molar-refractivity contribution >= 4 is 23.5 Å². The minimum Gasteiger partial charge on any atom is -0.457 e. The molecule has 0 radical (unpaired) electrons. The van der Waals surface area contributed by atoms with Crippen LogP contribution in [-0.4, -0.2) is 23.1 Å². The standard InChI is InChI=1S/C20H26O3S/c1-14(2)15-7-9-18(10-8-15)24-13-20(16-5-3-4-6-16)12-17(21)11-19(22)23-20/h7-10,14,16H,3-6,11-13H2,1-2H3. The number of ether oxygens (including phenoxy) is 1. The van der Waals surface area contributed by atoms with E-state index < -0.39 is 5.60 Å². The third-order valence-electron chi connectivity index (χ3n) is 5.28. The molecule has 1 heterocycles. The average molecular weight is 346 g/mol. The molecule has 24 heavy (non-hydrogen) atoms. The Morgan fingerprint density at radius 1 is 1.17 bits per heavy atom. The fraction of sp³-hybridized carbons (Fsp3) is 0.600. The zero-order valence-electron chi connectivity index (χ0n) is 14.5. The van der Waals surface area contributed by atoms with Gasteiger partial charge in [-0.15, -0.1) is 11.8 Å². The Kier molecular flexibility index (Phi) is 5.33. The van der Waals surface area contributed by atoms with Gasteiger partial charge in [0.25, 0.3) is 0 Å². The number of carbonyl (C=O) groups is 2. The molecule has 3 nitrogen and oxygen atoms in total. The lowest BCUT2D eigenvalue weighted by atomic mass is 9.81. The lowest BCUT2D eigenvalue weighted by molar-refractivity contribution is -0.173. The predicted molar refractivity (Wildman–Crippen MR) is 96.3 cm³/mol. The molecule has 2 aliphatic rings. The molecule has 4 heteroatoms. The molecule has 3 rings (SSSR count). The summed E-state index contributed by atoms with van der Waals surface area (Å²) in [5.74, 6) is 1.22. The minimum absolute atomic E-state index is 0.0360. The van der Waals surface area contributed by atoms with Gasteiger partial charge in [0.05, 0.1) is 0 Å². The molecular weight excluding hydrogens is 320 g/mol. The lowest BCUT2D eigenvalue weighted by Crippen LogP contribution is -2.49. The van der Waals surface area contributed by atoms with Gasteiger partial charge in [-0.25, -0.2) is 0 Å². The van der Waals surface area contributed by atoms with E-state index in [0.717, 1.165) is 12.8 Å². The van der Waals surface area contributed by atoms with Gasteiger partial charge in [-0.05, 0) is 36.5 Å². The molecule has 1 atom stereocenters. The number of thioether (sulfide) groups is 1. The maximum Gasteiger partial charge on any atom is 0.313 e. The number of cyclic esters (lactones) is 1. The summed E-state index contributed by atoms with van der Waals surface area (Å²) in [4.78, 5) is 25.2. The predicted octanol–water partition coefficient (Wildman–Crippen LogP) is 4.74. The fourth-order valence-corrected chi connectivity index (χ4v) is 5.02. The third-order valence-corrected chi connectivity index (χ3v) is 6.52. The molecule has 1 aromatic carbocycles. The van der Waals surface area contributed by atoms with Crippen molar-refractivity contribution in [3.05, 3.63) is 29.8 Å². The van der Waals surface area contributed by atoms with Crippen LogP contribution in [0.4, 0.5) is 0 Å². The molecule has 0 spiro atoms. The fourth-order valence-electron chi connectivity index (χ4n) is 3.89. The van der Waals surface area contributed by atoms with E-state index in [-0.39, 0.29) is 18.2 Å². The second-order valence-electron chi connectivity index (χ2n) is 7.42. The Morgan fingerprint density at radius 3 is 2.42 bits per heavy atom. The molecule has 0 bridgehead atoms. The van der Waals surface area contributed by atoms with Gasteiger partial charge in [0.1, 0.15) is 17.8 Å². The molecule has 1 saturated heterocycles. The van der Waals surface area contributed by atoms with Crippen LogP contribution in [0.5, 0.6) is 0 Å². The SMILES string of the molecule is CC(C)c1ccc(SCC2(C3CCCC3)CC(=O)CC(=O)O2)cc1. The van der Waals surface area contributed by atoms with Crippen molar-refractivity contribution in [2.45, 2.75) is 68.8 Å². The second-order valence-corrected chi connectivity index (χ2v) is 8.47. The summed E-state index contributed by atoms with van der Waals surface area (Å²) in [6.07, 6.45) is 4.81. The van der Waals surface area contributed by atoms with Gasteiger partial charge < -0.3 is 4.74 Å². The Hall–Kier alpha value is -1.29. The van der Waals surface area contributed by atoms with Crippen LogP contribution < -0.4 is 0 Å². The Morgan fingerprint density at radius 2 is 1.83 bits per heavy atom. The molecule has 0 N–H and O–H groups in total. The van der Waals surface area contributed by atoms with Crippen LogP contribution in [0.3, 0.4) is 0 Å². The van der Waals surface area contributed by atoms with E-state index in [0.29, 0.717) is 24.0 Å². The Bertz CT molecular complexity index is 584. The number of ketones is 1. The molecule has 0 aromatic heterocycles. The van der Waals surface area contributed by atoms with Gasteiger partial charge in [0, 0.05) is 23.0 Å². The lowest BCUT2D eigenvalue weighted by Gasteiger charge is -2.40. The molecule has 1 saturated carbocycles. The second kappa shape index (κ2) is 7.30. The number of esters is 1. The van der Waals surface area contributed by atoms with E-state index >= 15 is 0 Å². The van der Waals surface area contributed by atoms with Gasteiger partial charge in [-0.3, -0.25) is 9.59 Å². The Balaban J connectivity index is 1.74. The first-order valence-corrected chi connectivity index (χ1v) is 9.93. The number of Topliss-reactive ketones (excluding diaryl/α,β-unsaturated/α-hetero) is 1. The molecule has 1 unspecified atom stereocenters. The minimum atomic E-state index is -0.593. The van der Waals surface area contributed by atoms with Crippen molar-refractivity contribution in [1.29, 1.82) is 0 Å². The molecule has 0 amide bonds. The molecule has 1 aliphatic carbocycles. The highest BCUT2D eigenvalue weighted by Crippen LogP contribution is 2.44. The van der Waals surface area contributed by atoms with Crippen LogP contribution in [0.2, 0.25) is 0 Å². The van der Waals surface area contributed by atoms with Crippen LogP contribution in [-0.2, 0) is 14.3 Å². The van der Waals surface area contributed by atoms with Gasteiger partial charge in [0.15, 0.2) is 0 Å². The van der Waals surface area contributed by atoms with Gasteiger partial charge >= 0.3 is 5.97 Å². The van der Waals surface area contributed by atoms with E-state index in [1.807, 2.05) is 0 Å². The zero-order chi connectivity index (χ0) is 17.2. The summed E-state index contributed by atoms with van der Waals surface area (Å²) >= 11 is 1.71. The first kappa shape index (κ1) is 17.5. The maximum atomic E-state index is 12.1. The largest absolute Gasteiger partial charge is 0.457 e. The summed E-state index contributed by atoms with van der Waals surface area (Å²) in [6, 6.07) is 8.59. The van der Waals surface area contributed by atoms with Crippen LogP contribution >= 0.6 is 11.8 Å². The van der Waals surface area contributed by atoms with Crippen molar-refractivity contribution in [2.24, 2.45) is 5.92 Å². The molecule has 2 fully saturated rings. The smallest absolute Gasteiger partial charge is 0.313 e. The normalized spacial score (nSPS) is 25.3. The molecule has 1 aliphatic heterocycles. The van der Waals surface area contributed by atoms with Crippen molar-refractivity contribution in [3.8, 4) is 0 Å². The van der Waals surface area contributed by atoms with Crippen molar-refractivity contribution < 1.29 is 14.3 Å². The summed E-state index contributed by atoms with van der Waals surface area (Å²) < 4.78 is 5.83. The van der Waals surface area contributed by atoms with E-state index in [1.54, 1.807) is 11.8 Å². The van der Waals surface area contributed by atoms with Crippen molar-refractivity contribution in [2.75, 3.05) is 5.75 Å². The van der Waals surface area contributed by atoms with Gasteiger partial charge in [-0.2, -0.15) is 0 Å². The summed E-state index contributed by atoms with van der Waals surface area (Å²) in [7, 11) is 0. The maximum absolute atomic E-state index is 12.1. The van der Waals surface area contributed by atoms with E-state index in [4.69, 9.17) is 4.74 Å². The van der Waals surface area contributed by atoms with Gasteiger partial charge in [0.2, 0.25) is 0 Å². The molecular formula is C20H26O3S. The molecule has 130 valence electrons. The molecule has 1 aromatic rings. The van der Waals surface area contributed by atoms with Crippen molar-refractivity contribution in [1.82, 2.24) is 0 Å². The average Bonchev–Trinajstić information content (AvgIpc) is 3.07. The zero-order valence-corrected chi connectivity index (χ0v) is 15.4. The quantitative estimate of drug-likeness (QED) is 0.439. The van der Waals surface area contributed by atoms with Crippen LogP contribution in [0.1, 0.15) is 63.9 Å². The summed E-state index contributed by atoms with van der Waals surface area (Å²) in [5.41, 5.74) is 0.730. The first-order valence-electron chi connectivity index (χ1n) is 8.95. The van der Waals surface area contributed by atoms with Crippen LogP contribution in [0.25, 0.3) is 0 Å². The van der Waals surface area contributed by atoms with E-state index in [1.165, 1.54) is 23.3 Å². The summed E-state index contributed by atoms with van der Waals surface area (Å²) in [6.45, 7) is 4.37. The third kappa shape index (κ3) is 3.85. The highest BCUT2D eigenvalue weighted by atomic mass is 32.2. The van der Waals surface area contributed by atoms with Crippen LogP contribution in [0, 0.1) is 5.92 Å². The number of rotatable bonds is 5. The van der Waals surface area contributed by atoms with Crippen molar-refractivity contribution in [3.63, 3.8) is 0 Å². The monoisotopic (exact) mass is 346 g/mol. The number of carbonyl (C=O) groups excluding carboxylic acids is 2.